The maximum Gasteiger partial charge on any atom is 0.228 e. The van der Waals surface area contributed by atoms with Crippen molar-refractivity contribution in [3.63, 3.8) is 0 Å². The summed E-state index contributed by atoms with van der Waals surface area (Å²) < 4.78 is 0. The van der Waals surface area contributed by atoms with Gasteiger partial charge < -0.3 is 20.5 Å². The van der Waals surface area contributed by atoms with Crippen LogP contribution in [0.15, 0.2) is 91.1 Å². The Morgan fingerprint density at radius 2 is 1.68 bits per heavy atom. The average molecular weight is 537 g/mol. The number of hydrogen-bond donors (Lipinski definition) is 3. The summed E-state index contributed by atoms with van der Waals surface area (Å²) >= 11 is 0. The van der Waals surface area contributed by atoms with Gasteiger partial charge in [0.2, 0.25) is 11.8 Å². The van der Waals surface area contributed by atoms with Crippen LogP contribution in [0.2, 0.25) is 0 Å². The van der Waals surface area contributed by atoms with E-state index in [4.69, 9.17) is 0 Å². The summed E-state index contributed by atoms with van der Waals surface area (Å²) in [5.41, 5.74) is 4.56. The number of amides is 2. The predicted molar refractivity (Wildman–Crippen MR) is 161 cm³/mol. The minimum absolute atomic E-state index is 0.0648. The minimum atomic E-state index is -0.242. The van der Waals surface area contributed by atoms with E-state index in [1.165, 1.54) is 16.5 Å². The number of fused-ring (bicyclic) bond motifs is 1. The van der Waals surface area contributed by atoms with Gasteiger partial charge in [-0.05, 0) is 47.9 Å². The molecular weight excluding hydrogens is 496 g/mol. The Hall–Kier alpha value is -3.90. The van der Waals surface area contributed by atoms with Crippen LogP contribution in [0.4, 0.5) is 0 Å². The maximum atomic E-state index is 13.5. The monoisotopic (exact) mass is 536 g/mol. The summed E-state index contributed by atoms with van der Waals surface area (Å²) in [6.07, 6.45) is 4.98. The first-order chi connectivity index (χ1) is 19.6. The Morgan fingerprint density at radius 3 is 2.45 bits per heavy atom. The van der Waals surface area contributed by atoms with Crippen molar-refractivity contribution in [2.24, 2.45) is 5.92 Å². The van der Waals surface area contributed by atoms with Crippen LogP contribution in [-0.4, -0.2) is 53.9 Å². The highest BCUT2D eigenvalue weighted by molar-refractivity contribution is 5.85. The van der Waals surface area contributed by atoms with E-state index in [2.05, 4.69) is 51.7 Å². The van der Waals surface area contributed by atoms with Crippen molar-refractivity contribution in [1.82, 2.24) is 20.5 Å². The van der Waals surface area contributed by atoms with E-state index in [9.17, 15) is 9.59 Å². The van der Waals surface area contributed by atoms with Crippen molar-refractivity contribution in [2.45, 2.75) is 44.6 Å². The van der Waals surface area contributed by atoms with Crippen LogP contribution in [0.5, 0.6) is 0 Å². The second kappa shape index (κ2) is 13.4. The number of nitrogens with one attached hydrogen (secondary N) is 3. The van der Waals surface area contributed by atoms with Crippen molar-refractivity contribution >= 4 is 22.7 Å². The Morgan fingerprint density at radius 1 is 0.950 bits per heavy atom. The summed E-state index contributed by atoms with van der Waals surface area (Å²) in [6.45, 7) is 5.18. The number of H-pyrrole nitrogens is 1. The lowest BCUT2D eigenvalue weighted by Crippen LogP contribution is -2.51. The SMILES string of the molecule is C[C@@H]1CN(CC(C(=O)NCCc2c[nH]c3ccccc23)c2ccccc2)CC[C@H]1NC(=O)CCc1ccccc1. The Kier molecular flexibility index (Phi) is 9.30. The molecular formula is C34H40N4O2. The number of piperidine rings is 1. The number of hydrogen-bond acceptors (Lipinski definition) is 3. The molecule has 5 rings (SSSR count). The summed E-state index contributed by atoms with van der Waals surface area (Å²) in [4.78, 5) is 31.8. The molecule has 1 fully saturated rings. The molecule has 0 bridgehead atoms. The van der Waals surface area contributed by atoms with Crippen LogP contribution in [0, 0.1) is 5.92 Å². The van der Waals surface area contributed by atoms with Gasteiger partial charge in [0.1, 0.15) is 0 Å². The van der Waals surface area contributed by atoms with Gasteiger partial charge in [0.25, 0.3) is 0 Å². The average Bonchev–Trinajstić information content (AvgIpc) is 3.40. The molecule has 208 valence electrons. The number of likely N-dealkylation sites (tertiary alicyclic amines) is 1. The highest BCUT2D eigenvalue weighted by Crippen LogP contribution is 2.23. The van der Waals surface area contributed by atoms with Gasteiger partial charge in [-0.25, -0.2) is 0 Å². The molecule has 2 heterocycles. The molecule has 1 aliphatic rings. The van der Waals surface area contributed by atoms with E-state index in [0.29, 0.717) is 25.4 Å². The summed E-state index contributed by atoms with van der Waals surface area (Å²) in [7, 11) is 0. The van der Waals surface area contributed by atoms with Gasteiger partial charge in [0, 0.05) is 55.7 Å². The molecule has 6 nitrogen and oxygen atoms in total. The first-order valence-corrected chi connectivity index (χ1v) is 14.5. The summed E-state index contributed by atoms with van der Waals surface area (Å²) in [5.74, 6) is 0.255. The zero-order valence-corrected chi connectivity index (χ0v) is 23.3. The third kappa shape index (κ3) is 7.19. The fraction of sp³-hybridized carbons (Fsp3) is 0.353. The molecule has 1 unspecified atom stereocenters. The quantitative estimate of drug-likeness (QED) is 0.251. The van der Waals surface area contributed by atoms with Gasteiger partial charge in [-0.1, -0.05) is 85.8 Å². The van der Waals surface area contributed by atoms with Crippen molar-refractivity contribution in [2.75, 3.05) is 26.2 Å². The van der Waals surface area contributed by atoms with E-state index in [0.717, 1.165) is 43.4 Å². The summed E-state index contributed by atoms with van der Waals surface area (Å²) in [6, 6.07) is 28.7. The molecule has 6 heteroatoms. The fourth-order valence-corrected chi connectivity index (χ4v) is 5.86. The van der Waals surface area contributed by atoms with Gasteiger partial charge >= 0.3 is 0 Å². The first kappa shape index (κ1) is 27.7. The second-order valence-corrected chi connectivity index (χ2v) is 11.0. The smallest absolute Gasteiger partial charge is 0.228 e. The van der Waals surface area contributed by atoms with Gasteiger partial charge in [-0.3, -0.25) is 9.59 Å². The number of aromatic nitrogens is 1. The molecule has 0 aliphatic carbocycles. The van der Waals surface area contributed by atoms with Crippen LogP contribution < -0.4 is 10.6 Å². The molecule has 40 heavy (non-hydrogen) atoms. The molecule has 0 spiro atoms. The minimum Gasteiger partial charge on any atom is -0.361 e. The van der Waals surface area contributed by atoms with Gasteiger partial charge in [-0.15, -0.1) is 0 Å². The largest absolute Gasteiger partial charge is 0.361 e. The van der Waals surface area contributed by atoms with E-state index < -0.39 is 0 Å². The highest BCUT2D eigenvalue weighted by Gasteiger charge is 2.30. The number of carbonyl (C=O) groups is 2. The first-order valence-electron chi connectivity index (χ1n) is 14.5. The second-order valence-electron chi connectivity index (χ2n) is 11.0. The molecule has 1 aromatic heterocycles. The van der Waals surface area contributed by atoms with Gasteiger partial charge in [0.05, 0.1) is 5.92 Å². The normalized spacial score (nSPS) is 18.3. The number of rotatable bonds is 11. The lowest BCUT2D eigenvalue weighted by molar-refractivity contribution is -0.123. The molecule has 3 N–H and O–H groups in total. The number of aromatic amines is 1. The zero-order valence-electron chi connectivity index (χ0n) is 23.3. The van der Waals surface area contributed by atoms with Crippen LogP contribution >= 0.6 is 0 Å². The van der Waals surface area contributed by atoms with Crippen molar-refractivity contribution in [3.8, 4) is 0 Å². The lowest BCUT2D eigenvalue weighted by atomic mass is 9.91. The molecule has 1 aliphatic heterocycles. The summed E-state index contributed by atoms with van der Waals surface area (Å²) in [5, 5.41) is 7.69. The maximum absolute atomic E-state index is 13.5. The predicted octanol–water partition coefficient (Wildman–Crippen LogP) is 5.07. The Balaban J connectivity index is 1.14. The molecule has 4 aromatic rings. The number of nitrogens with zero attached hydrogens (tertiary/aromatic N) is 1. The topological polar surface area (TPSA) is 77.2 Å². The van der Waals surface area contributed by atoms with Crippen LogP contribution in [0.3, 0.4) is 0 Å². The van der Waals surface area contributed by atoms with Gasteiger partial charge in [0.15, 0.2) is 0 Å². The molecule has 2 amide bonds. The number of aryl methyl sites for hydroxylation is 1. The fourth-order valence-electron chi connectivity index (χ4n) is 5.86. The molecule has 0 saturated carbocycles. The van der Waals surface area contributed by atoms with Crippen LogP contribution in [-0.2, 0) is 22.4 Å². The van der Waals surface area contributed by atoms with E-state index in [1.54, 1.807) is 0 Å². The number of para-hydroxylation sites is 1. The van der Waals surface area contributed by atoms with E-state index in [-0.39, 0.29) is 23.8 Å². The number of carbonyl (C=O) groups excluding carboxylic acids is 2. The van der Waals surface area contributed by atoms with Crippen molar-refractivity contribution in [3.05, 3.63) is 108 Å². The van der Waals surface area contributed by atoms with Crippen molar-refractivity contribution in [1.29, 1.82) is 0 Å². The third-order valence-corrected chi connectivity index (χ3v) is 8.15. The van der Waals surface area contributed by atoms with E-state index in [1.807, 2.05) is 66.9 Å². The van der Waals surface area contributed by atoms with E-state index >= 15 is 0 Å². The lowest BCUT2D eigenvalue weighted by Gasteiger charge is -2.38. The Bertz CT molecular complexity index is 1380. The highest BCUT2D eigenvalue weighted by atomic mass is 16.2. The van der Waals surface area contributed by atoms with Gasteiger partial charge in [-0.2, -0.15) is 0 Å². The molecule has 3 aromatic carbocycles. The molecule has 1 saturated heterocycles. The number of benzene rings is 3. The zero-order chi connectivity index (χ0) is 27.7. The Labute approximate surface area is 237 Å². The molecule has 3 atom stereocenters. The van der Waals surface area contributed by atoms with Crippen LogP contribution in [0.25, 0.3) is 10.9 Å². The third-order valence-electron chi connectivity index (χ3n) is 8.15. The molecule has 0 radical (unpaired) electrons. The van der Waals surface area contributed by atoms with Crippen molar-refractivity contribution < 1.29 is 9.59 Å². The standard InChI is InChI=1S/C34H40N4O2/c1-25-23-38(21-19-31(25)37-33(39)17-16-26-10-4-2-5-11-26)24-30(27-12-6-3-7-13-27)34(40)35-20-18-28-22-36-32-15-9-8-14-29(28)32/h2-15,22,25,30-31,36H,16-21,23-24H2,1H3,(H,35,40)(H,37,39)/t25-,30?,31-/m1/s1. The van der Waals surface area contributed by atoms with Crippen LogP contribution in [0.1, 0.15) is 42.4 Å².